The summed E-state index contributed by atoms with van der Waals surface area (Å²) in [7, 11) is 2.04. The Bertz CT molecular complexity index is 175. The summed E-state index contributed by atoms with van der Waals surface area (Å²) in [6.45, 7) is 6.70. The summed E-state index contributed by atoms with van der Waals surface area (Å²) in [5.41, 5.74) is 0.192. The van der Waals surface area contributed by atoms with Crippen LogP contribution in [-0.2, 0) is 9.47 Å². The van der Waals surface area contributed by atoms with Gasteiger partial charge in [-0.15, -0.1) is 0 Å². The van der Waals surface area contributed by atoms with Gasteiger partial charge in [-0.2, -0.15) is 0 Å². The third-order valence-electron chi connectivity index (χ3n) is 3.26. The first kappa shape index (κ1) is 10.4. The Morgan fingerprint density at radius 1 is 1.21 bits per heavy atom. The van der Waals surface area contributed by atoms with Crippen LogP contribution in [0.1, 0.15) is 6.42 Å². The molecule has 2 fully saturated rings. The molecule has 2 saturated heterocycles. The molecule has 0 amide bonds. The van der Waals surface area contributed by atoms with Gasteiger partial charge in [-0.25, -0.2) is 0 Å². The van der Waals surface area contributed by atoms with Gasteiger partial charge in [0.25, 0.3) is 0 Å². The molecule has 14 heavy (non-hydrogen) atoms. The summed E-state index contributed by atoms with van der Waals surface area (Å²) in [6, 6.07) is 0. The van der Waals surface area contributed by atoms with Crippen LogP contribution in [0.4, 0.5) is 0 Å². The van der Waals surface area contributed by atoms with Crippen LogP contribution in [0.3, 0.4) is 0 Å². The summed E-state index contributed by atoms with van der Waals surface area (Å²) < 4.78 is 10.8. The number of likely N-dealkylation sites (N-methyl/N-ethyl adjacent to an activating group) is 1. The van der Waals surface area contributed by atoms with E-state index in [1.165, 1.54) is 0 Å². The lowest BCUT2D eigenvalue weighted by molar-refractivity contribution is 0.0225. The first-order chi connectivity index (χ1) is 6.85. The quantitative estimate of drug-likeness (QED) is 0.678. The zero-order chi connectivity index (χ0) is 9.86. The van der Waals surface area contributed by atoms with Crippen LogP contribution in [0.15, 0.2) is 0 Å². The molecule has 1 atom stereocenters. The lowest BCUT2D eigenvalue weighted by Gasteiger charge is -2.35. The van der Waals surface area contributed by atoms with Crippen molar-refractivity contribution >= 4 is 0 Å². The summed E-state index contributed by atoms with van der Waals surface area (Å²) in [4.78, 5) is 2.47. The standard InChI is InChI=1S/C10H20N2O2/c1-11-10(2-5-14-9-10)8-12-3-6-13-7-4-12/h11H,2-9H2,1H3. The third kappa shape index (κ3) is 2.25. The van der Waals surface area contributed by atoms with Crippen molar-refractivity contribution in [3.05, 3.63) is 0 Å². The van der Waals surface area contributed by atoms with E-state index in [2.05, 4.69) is 10.2 Å². The van der Waals surface area contributed by atoms with Crippen molar-refractivity contribution in [3.8, 4) is 0 Å². The molecule has 0 bridgehead atoms. The molecule has 0 saturated carbocycles. The van der Waals surface area contributed by atoms with Crippen molar-refractivity contribution in [3.63, 3.8) is 0 Å². The van der Waals surface area contributed by atoms with E-state index in [-0.39, 0.29) is 5.54 Å². The van der Waals surface area contributed by atoms with Gasteiger partial charge in [-0.05, 0) is 13.5 Å². The normalized spacial score (nSPS) is 34.9. The molecule has 1 N–H and O–H groups in total. The van der Waals surface area contributed by atoms with Crippen LogP contribution in [0.25, 0.3) is 0 Å². The molecule has 0 aromatic rings. The fraction of sp³-hybridized carbons (Fsp3) is 1.00. The summed E-state index contributed by atoms with van der Waals surface area (Å²) in [6.07, 6.45) is 1.13. The molecule has 0 aliphatic carbocycles. The van der Waals surface area contributed by atoms with Gasteiger partial charge in [-0.1, -0.05) is 0 Å². The van der Waals surface area contributed by atoms with Crippen molar-refractivity contribution in [2.45, 2.75) is 12.0 Å². The van der Waals surface area contributed by atoms with Crippen molar-refractivity contribution in [1.29, 1.82) is 0 Å². The Morgan fingerprint density at radius 3 is 2.57 bits per heavy atom. The van der Waals surface area contributed by atoms with Crippen LogP contribution in [0.5, 0.6) is 0 Å². The maximum atomic E-state index is 5.47. The maximum Gasteiger partial charge on any atom is 0.0661 e. The summed E-state index contributed by atoms with van der Waals surface area (Å²) >= 11 is 0. The summed E-state index contributed by atoms with van der Waals surface area (Å²) in [5.74, 6) is 0. The molecular formula is C10H20N2O2. The van der Waals surface area contributed by atoms with Gasteiger partial charge in [0, 0.05) is 26.2 Å². The van der Waals surface area contributed by atoms with Crippen LogP contribution in [0.2, 0.25) is 0 Å². The SMILES string of the molecule is CNC1(CN2CCOCC2)CCOC1. The Hall–Kier alpha value is -0.160. The Labute approximate surface area is 85.5 Å². The monoisotopic (exact) mass is 200 g/mol. The van der Waals surface area contributed by atoms with Crippen molar-refractivity contribution in [1.82, 2.24) is 10.2 Å². The third-order valence-corrected chi connectivity index (χ3v) is 3.26. The summed E-state index contributed by atoms with van der Waals surface area (Å²) in [5, 5.41) is 3.42. The fourth-order valence-electron chi connectivity index (χ4n) is 2.20. The molecule has 2 aliphatic heterocycles. The highest BCUT2D eigenvalue weighted by Gasteiger charge is 2.35. The second-order valence-electron chi connectivity index (χ2n) is 4.22. The molecule has 0 aromatic carbocycles. The molecule has 82 valence electrons. The molecule has 0 aromatic heterocycles. The highest BCUT2D eigenvalue weighted by atomic mass is 16.5. The van der Waals surface area contributed by atoms with Gasteiger partial charge >= 0.3 is 0 Å². The molecule has 1 unspecified atom stereocenters. The predicted octanol–water partition coefficient (Wildman–Crippen LogP) is -0.303. The Kier molecular flexibility index (Phi) is 3.38. The molecule has 2 heterocycles. The van der Waals surface area contributed by atoms with Crippen molar-refractivity contribution in [2.75, 3.05) is 53.1 Å². The highest BCUT2D eigenvalue weighted by molar-refractivity contribution is 4.93. The van der Waals surface area contributed by atoms with Gasteiger partial charge in [0.15, 0.2) is 0 Å². The van der Waals surface area contributed by atoms with Crippen LogP contribution < -0.4 is 5.32 Å². The van der Waals surface area contributed by atoms with Crippen molar-refractivity contribution < 1.29 is 9.47 Å². The van der Waals surface area contributed by atoms with E-state index in [1.54, 1.807) is 0 Å². The van der Waals surface area contributed by atoms with Gasteiger partial charge in [0.1, 0.15) is 0 Å². The van der Waals surface area contributed by atoms with Gasteiger partial charge < -0.3 is 14.8 Å². The minimum absolute atomic E-state index is 0.192. The van der Waals surface area contributed by atoms with E-state index in [0.717, 1.165) is 52.5 Å². The Balaban J connectivity index is 1.86. The number of nitrogens with one attached hydrogen (secondary N) is 1. The van der Waals surface area contributed by atoms with E-state index >= 15 is 0 Å². The zero-order valence-corrected chi connectivity index (χ0v) is 8.92. The van der Waals surface area contributed by atoms with Crippen LogP contribution >= 0.6 is 0 Å². The fourth-order valence-corrected chi connectivity index (χ4v) is 2.20. The number of ether oxygens (including phenoxy) is 2. The smallest absolute Gasteiger partial charge is 0.0661 e. The van der Waals surface area contributed by atoms with E-state index < -0.39 is 0 Å². The molecule has 4 heteroatoms. The number of hydrogen-bond donors (Lipinski definition) is 1. The topological polar surface area (TPSA) is 33.7 Å². The lowest BCUT2D eigenvalue weighted by Crippen LogP contribution is -2.54. The van der Waals surface area contributed by atoms with E-state index in [0.29, 0.717) is 0 Å². The van der Waals surface area contributed by atoms with Crippen LogP contribution in [0, 0.1) is 0 Å². The van der Waals surface area contributed by atoms with Gasteiger partial charge in [0.05, 0.1) is 25.4 Å². The first-order valence-electron chi connectivity index (χ1n) is 5.41. The predicted molar refractivity (Wildman–Crippen MR) is 54.5 cm³/mol. The van der Waals surface area contributed by atoms with E-state index in [9.17, 15) is 0 Å². The number of rotatable bonds is 3. The molecule has 2 aliphatic rings. The molecule has 0 spiro atoms. The minimum Gasteiger partial charge on any atom is -0.379 e. The van der Waals surface area contributed by atoms with E-state index in [4.69, 9.17) is 9.47 Å². The maximum absolute atomic E-state index is 5.47. The molecule has 4 nitrogen and oxygen atoms in total. The molecule has 0 radical (unpaired) electrons. The van der Waals surface area contributed by atoms with Gasteiger partial charge in [-0.3, -0.25) is 4.90 Å². The number of morpholine rings is 1. The zero-order valence-electron chi connectivity index (χ0n) is 8.92. The van der Waals surface area contributed by atoms with Crippen LogP contribution in [-0.4, -0.2) is 63.5 Å². The second-order valence-corrected chi connectivity index (χ2v) is 4.22. The first-order valence-corrected chi connectivity index (χ1v) is 5.41. The second kappa shape index (κ2) is 4.57. The highest BCUT2D eigenvalue weighted by Crippen LogP contribution is 2.19. The minimum atomic E-state index is 0.192. The average molecular weight is 200 g/mol. The Morgan fingerprint density at radius 2 is 2.00 bits per heavy atom. The largest absolute Gasteiger partial charge is 0.379 e. The van der Waals surface area contributed by atoms with Gasteiger partial charge in [0.2, 0.25) is 0 Å². The van der Waals surface area contributed by atoms with E-state index in [1.807, 2.05) is 7.05 Å². The molecule has 2 rings (SSSR count). The molecular weight excluding hydrogens is 180 g/mol. The average Bonchev–Trinajstić information content (AvgIpc) is 2.69. The number of nitrogens with zero attached hydrogens (tertiary/aromatic N) is 1. The lowest BCUT2D eigenvalue weighted by atomic mass is 9.98. The van der Waals surface area contributed by atoms with Crippen molar-refractivity contribution in [2.24, 2.45) is 0 Å². The number of hydrogen-bond acceptors (Lipinski definition) is 4.